The second kappa shape index (κ2) is 10.6. The lowest BCUT2D eigenvalue weighted by atomic mass is 9.86. The smallest absolute Gasteiger partial charge is 0.377 e. The number of amides is 3. The van der Waals surface area contributed by atoms with Gasteiger partial charge in [0.15, 0.2) is 5.78 Å². The van der Waals surface area contributed by atoms with Crippen molar-refractivity contribution in [3.05, 3.63) is 0 Å². The summed E-state index contributed by atoms with van der Waals surface area (Å²) in [7, 11) is -4.56. The maximum Gasteiger partial charge on any atom is 0.511 e. The Balaban J connectivity index is 1.89. The molecule has 3 fully saturated rings. The van der Waals surface area contributed by atoms with E-state index in [0.29, 0.717) is 13.0 Å². The Morgan fingerprint density at radius 2 is 1.82 bits per heavy atom. The fraction of sp³-hybridized carbons (Fsp3) is 0.833. The first kappa shape index (κ1) is 31.3. The molecular weight excluding hydrogens is 545 g/mol. The molecule has 2 heterocycles. The Bertz CT molecular complexity index is 1120. The number of nitrogens with zero attached hydrogens (tertiary/aromatic N) is 1. The number of methoxy groups -OCH3 is 1. The number of likely N-dealkylation sites (tertiary alicyclic amines) is 1. The van der Waals surface area contributed by atoms with Crippen LogP contribution in [-0.2, 0) is 33.9 Å². The molecule has 0 spiro atoms. The zero-order valence-electron chi connectivity index (χ0n) is 22.8. The minimum atomic E-state index is -5.87. The van der Waals surface area contributed by atoms with Crippen LogP contribution in [0.1, 0.15) is 47.5 Å². The molecule has 0 aromatic carbocycles. The minimum Gasteiger partial charge on any atom is -0.377 e. The number of carbonyl (C=O) groups excluding carboxylic acids is 4. The summed E-state index contributed by atoms with van der Waals surface area (Å²) in [5.74, 6) is -3.39. The summed E-state index contributed by atoms with van der Waals surface area (Å²) in [5.41, 5.74) is -7.27. The number of sulfonamides is 1. The van der Waals surface area contributed by atoms with E-state index in [1.54, 1.807) is 0 Å². The van der Waals surface area contributed by atoms with E-state index in [1.165, 1.54) is 32.6 Å². The number of halogens is 3. The van der Waals surface area contributed by atoms with Gasteiger partial charge in [0.2, 0.25) is 17.7 Å². The summed E-state index contributed by atoms with van der Waals surface area (Å²) in [5, 5.41) is 5.33. The molecule has 0 aromatic heterocycles. The number of ketones is 1. The molecule has 1 aliphatic carbocycles. The van der Waals surface area contributed by atoms with Crippen molar-refractivity contribution in [2.24, 2.45) is 28.6 Å². The molecule has 3 amide bonds. The molecule has 3 rings (SSSR count). The third-order valence-electron chi connectivity index (χ3n) is 8.13. The predicted molar refractivity (Wildman–Crippen MR) is 132 cm³/mol. The molecule has 222 valence electrons. The van der Waals surface area contributed by atoms with Crippen molar-refractivity contribution in [3.63, 3.8) is 0 Å². The molecule has 2 saturated heterocycles. The van der Waals surface area contributed by atoms with Gasteiger partial charge in [-0.25, -0.2) is 8.42 Å². The molecule has 0 bridgehead atoms. The first-order valence-corrected chi connectivity index (χ1v) is 14.2. The highest BCUT2D eigenvalue weighted by molar-refractivity contribution is 7.90. The summed E-state index contributed by atoms with van der Waals surface area (Å²) in [6, 6.07) is -4.05. The summed E-state index contributed by atoms with van der Waals surface area (Å²) >= 11 is 0. The second-order valence-electron chi connectivity index (χ2n) is 12.2. The van der Waals surface area contributed by atoms with Crippen LogP contribution in [0.25, 0.3) is 0 Å². The van der Waals surface area contributed by atoms with Crippen molar-refractivity contribution in [3.8, 4) is 0 Å². The molecule has 3 aliphatic rings. The molecule has 1 saturated carbocycles. The van der Waals surface area contributed by atoms with Gasteiger partial charge in [0.1, 0.15) is 18.7 Å². The number of fused-ring (bicyclic) bond motifs is 1. The highest BCUT2D eigenvalue weighted by Gasteiger charge is 2.70. The number of piperidine rings is 1. The van der Waals surface area contributed by atoms with Gasteiger partial charge in [-0.2, -0.15) is 17.9 Å². The minimum absolute atomic E-state index is 0.0217. The number of carbonyl (C=O) groups is 4. The molecular formula is C24H37F3N4O7S. The molecule has 39 heavy (non-hydrogen) atoms. The number of nitrogens with one attached hydrogen (secondary N) is 3. The standard InChI is InChI=1S/C24H37F3N4O7S/c1-22(2,3)18(30-39(36,37)24(25,26)27)21(35)31-10-13-16(23(13,4)5)17(31)20(34)29-14(15(32)11-38-6)9-12-7-8-28-19(12)33/h12-14,16-18,30H,7-11H2,1-6H3,(H,28,33)(H,29,34)/t12-,13-,14-,16-,17-,18+/m0/s1. The third kappa shape index (κ3) is 6.24. The van der Waals surface area contributed by atoms with Gasteiger partial charge < -0.3 is 20.3 Å². The van der Waals surface area contributed by atoms with Crippen molar-refractivity contribution in [1.82, 2.24) is 20.3 Å². The summed E-state index contributed by atoms with van der Waals surface area (Å²) < 4.78 is 69.8. The van der Waals surface area contributed by atoms with Crippen molar-refractivity contribution < 1.29 is 45.5 Å². The fourth-order valence-electron chi connectivity index (χ4n) is 5.72. The van der Waals surface area contributed by atoms with E-state index in [4.69, 9.17) is 4.74 Å². The topological polar surface area (TPSA) is 151 Å². The van der Waals surface area contributed by atoms with Gasteiger partial charge in [-0.15, -0.1) is 0 Å². The zero-order valence-corrected chi connectivity index (χ0v) is 23.7. The molecule has 0 unspecified atom stereocenters. The number of hydrogen-bond acceptors (Lipinski definition) is 7. The maximum absolute atomic E-state index is 13.7. The number of rotatable bonds is 10. The van der Waals surface area contributed by atoms with Gasteiger partial charge in [-0.1, -0.05) is 34.6 Å². The first-order valence-electron chi connectivity index (χ1n) is 12.7. The van der Waals surface area contributed by atoms with E-state index in [9.17, 15) is 40.8 Å². The van der Waals surface area contributed by atoms with Crippen molar-refractivity contribution in [2.75, 3.05) is 26.8 Å². The molecule has 2 aliphatic heterocycles. The quantitative estimate of drug-likeness (QED) is 0.340. The Morgan fingerprint density at radius 3 is 2.31 bits per heavy atom. The predicted octanol–water partition coefficient (Wildman–Crippen LogP) is 0.550. The van der Waals surface area contributed by atoms with Gasteiger partial charge in [0, 0.05) is 26.1 Å². The van der Waals surface area contributed by atoms with Gasteiger partial charge in [-0.3, -0.25) is 19.2 Å². The average molecular weight is 583 g/mol. The number of hydrogen-bond donors (Lipinski definition) is 3. The van der Waals surface area contributed by atoms with E-state index in [2.05, 4.69) is 10.6 Å². The average Bonchev–Trinajstić information content (AvgIpc) is 3.15. The normalized spacial score (nSPS) is 27.9. The Labute approximate surface area is 226 Å². The van der Waals surface area contributed by atoms with Crippen LogP contribution in [0.15, 0.2) is 0 Å². The van der Waals surface area contributed by atoms with Crippen LogP contribution in [0.4, 0.5) is 13.2 Å². The van der Waals surface area contributed by atoms with E-state index in [0.717, 1.165) is 4.90 Å². The fourth-order valence-corrected chi connectivity index (χ4v) is 6.62. The summed E-state index contributed by atoms with van der Waals surface area (Å²) in [6.07, 6.45) is 0.498. The van der Waals surface area contributed by atoms with Crippen molar-refractivity contribution in [2.45, 2.75) is 71.1 Å². The monoisotopic (exact) mass is 582 g/mol. The molecule has 0 aromatic rings. The molecule has 3 N–H and O–H groups in total. The molecule has 6 atom stereocenters. The van der Waals surface area contributed by atoms with Crippen LogP contribution in [0.5, 0.6) is 0 Å². The lowest BCUT2D eigenvalue weighted by Crippen LogP contribution is -2.61. The molecule has 11 nitrogen and oxygen atoms in total. The van der Waals surface area contributed by atoms with Crippen LogP contribution in [0.3, 0.4) is 0 Å². The molecule has 15 heteroatoms. The third-order valence-corrected chi connectivity index (χ3v) is 9.28. The maximum atomic E-state index is 13.7. The molecule has 0 radical (unpaired) electrons. The SMILES string of the molecule is COCC(=O)[C@H](C[C@@H]1CCNC1=O)NC(=O)[C@@H]1[C@@H]2[C@H](CN1C(=O)[C@@H](NS(=O)(=O)C(F)(F)F)C(C)(C)C)C2(C)C. The van der Waals surface area contributed by atoms with E-state index in [-0.39, 0.29) is 42.7 Å². The Kier molecular flexibility index (Phi) is 8.51. The van der Waals surface area contributed by atoms with E-state index < -0.39 is 62.6 Å². The second-order valence-corrected chi connectivity index (χ2v) is 13.9. The zero-order chi connectivity index (χ0) is 29.7. The van der Waals surface area contributed by atoms with Crippen molar-refractivity contribution >= 4 is 33.5 Å². The van der Waals surface area contributed by atoms with Crippen LogP contribution in [0, 0.1) is 28.6 Å². The van der Waals surface area contributed by atoms with Crippen molar-refractivity contribution in [1.29, 1.82) is 0 Å². The lowest BCUT2D eigenvalue weighted by Gasteiger charge is -2.37. The van der Waals surface area contributed by atoms with Crippen LogP contribution in [-0.4, -0.2) is 87.3 Å². The van der Waals surface area contributed by atoms with Gasteiger partial charge >= 0.3 is 15.5 Å². The first-order chi connectivity index (χ1) is 17.7. The van der Waals surface area contributed by atoms with Crippen LogP contribution >= 0.6 is 0 Å². The highest BCUT2D eigenvalue weighted by Crippen LogP contribution is 2.65. The van der Waals surface area contributed by atoms with E-state index in [1.807, 2.05) is 13.8 Å². The van der Waals surface area contributed by atoms with Gasteiger partial charge in [0.05, 0.1) is 6.04 Å². The van der Waals surface area contributed by atoms with Gasteiger partial charge in [0.25, 0.3) is 0 Å². The summed E-state index contributed by atoms with van der Waals surface area (Å²) in [6.45, 7) is 8.19. The number of alkyl halides is 3. The number of ether oxygens (including phenoxy) is 1. The summed E-state index contributed by atoms with van der Waals surface area (Å²) in [4.78, 5) is 53.3. The Hall–Kier alpha value is -2.26. The highest BCUT2D eigenvalue weighted by atomic mass is 32.2. The largest absolute Gasteiger partial charge is 0.511 e. The number of Topliss-reactive ketones (excluding diaryl/α,β-unsaturated/α-hetero) is 1. The van der Waals surface area contributed by atoms with Gasteiger partial charge in [-0.05, 0) is 35.5 Å². The van der Waals surface area contributed by atoms with Crippen LogP contribution in [0.2, 0.25) is 0 Å². The Morgan fingerprint density at radius 1 is 1.21 bits per heavy atom. The van der Waals surface area contributed by atoms with E-state index >= 15 is 0 Å². The lowest BCUT2D eigenvalue weighted by molar-refractivity contribution is -0.144. The van der Waals surface area contributed by atoms with Crippen LogP contribution < -0.4 is 15.4 Å².